The maximum Gasteiger partial charge on any atom is 0.122 e. The standard InChI is InChI=1S/C14H18O2S/c15-14(6-8-17-10-14)5-3-11-1-2-13-12(9-11)4-7-16-13/h1-2,9,15H,3-8,10H2. The van der Waals surface area contributed by atoms with Crippen molar-refractivity contribution in [3.8, 4) is 5.75 Å². The van der Waals surface area contributed by atoms with Gasteiger partial charge in [-0.1, -0.05) is 12.1 Å². The van der Waals surface area contributed by atoms with Crippen LogP contribution in [0.25, 0.3) is 0 Å². The minimum Gasteiger partial charge on any atom is -0.493 e. The first kappa shape index (κ1) is 11.4. The Morgan fingerprint density at radius 1 is 1.41 bits per heavy atom. The Morgan fingerprint density at radius 3 is 3.18 bits per heavy atom. The molecule has 0 aliphatic carbocycles. The second-order valence-electron chi connectivity index (χ2n) is 5.07. The maximum absolute atomic E-state index is 10.3. The zero-order chi connectivity index (χ0) is 11.7. The molecule has 0 saturated carbocycles. The SMILES string of the molecule is OC1(CCc2ccc3c(c2)CCO3)CCSC1. The molecule has 1 aromatic carbocycles. The molecule has 1 fully saturated rings. The highest BCUT2D eigenvalue weighted by atomic mass is 32.2. The molecule has 0 spiro atoms. The third-order valence-electron chi connectivity index (χ3n) is 3.72. The van der Waals surface area contributed by atoms with E-state index in [0.717, 1.165) is 49.5 Å². The van der Waals surface area contributed by atoms with Gasteiger partial charge in [0.25, 0.3) is 0 Å². The highest BCUT2D eigenvalue weighted by molar-refractivity contribution is 7.99. The van der Waals surface area contributed by atoms with Gasteiger partial charge in [0.2, 0.25) is 0 Å². The molecule has 0 bridgehead atoms. The average Bonchev–Trinajstić information content (AvgIpc) is 2.95. The quantitative estimate of drug-likeness (QED) is 0.893. The highest BCUT2D eigenvalue weighted by Gasteiger charge is 2.31. The van der Waals surface area contributed by atoms with E-state index in [-0.39, 0.29) is 0 Å². The number of thioether (sulfide) groups is 1. The van der Waals surface area contributed by atoms with E-state index < -0.39 is 5.60 Å². The summed E-state index contributed by atoms with van der Waals surface area (Å²) in [5.41, 5.74) is 2.25. The van der Waals surface area contributed by atoms with Crippen molar-refractivity contribution in [2.75, 3.05) is 18.1 Å². The van der Waals surface area contributed by atoms with E-state index in [1.165, 1.54) is 11.1 Å². The summed E-state index contributed by atoms with van der Waals surface area (Å²) >= 11 is 1.87. The summed E-state index contributed by atoms with van der Waals surface area (Å²) in [5.74, 6) is 3.05. The summed E-state index contributed by atoms with van der Waals surface area (Å²) in [6, 6.07) is 6.45. The number of hydrogen-bond acceptors (Lipinski definition) is 3. The number of rotatable bonds is 3. The third-order valence-corrected chi connectivity index (χ3v) is 4.95. The summed E-state index contributed by atoms with van der Waals surface area (Å²) in [6.07, 6.45) is 3.85. The molecule has 1 saturated heterocycles. The Labute approximate surface area is 106 Å². The van der Waals surface area contributed by atoms with Gasteiger partial charge in [-0.05, 0) is 42.2 Å². The van der Waals surface area contributed by atoms with E-state index in [9.17, 15) is 5.11 Å². The van der Waals surface area contributed by atoms with Crippen LogP contribution in [-0.4, -0.2) is 28.8 Å². The van der Waals surface area contributed by atoms with Crippen molar-refractivity contribution in [2.45, 2.75) is 31.3 Å². The fourth-order valence-electron chi connectivity index (χ4n) is 2.57. The Bertz CT molecular complexity index is 411. The number of hydrogen-bond donors (Lipinski definition) is 1. The number of aliphatic hydroxyl groups is 1. The molecule has 0 aromatic heterocycles. The first-order valence-corrected chi connectivity index (χ1v) is 7.45. The minimum absolute atomic E-state index is 0.416. The van der Waals surface area contributed by atoms with Crippen molar-refractivity contribution < 1.29 is 9.84 Å². The van der Waals surface area contributed by atoms with Gasteiger partial charge in [0.05, 0.1) is 12.2 Å². The predicted molar refractivity (Wildman–Crippen MR) is 70.9 cm³/mol. The second kappa shape index (κ2) is 4.54. The predicted octanol–water partition coefficient (Wildman–Crippen LogP) is 2.42. The zero-order valence-electron chi connectivity index (χ0n) is 9.95. The van der Waals surface area contributed by atoms with Gasteiger partial charge in [0.1, 0.15) is 5.75 Å². The molecular weight excluding hydrogens is 232 g/mol. The topological polar surface area (TPSA) is 29.5 Å². The number of benzene rings is 1. The van der Waals surface area contributed by atoms with Crippen molar-refractivity contribution in [2.24, 2.45) is 0 Å². The lowest BCUT2D eigenvalue weighted by atomic mass is 9.94. The van der Waals surface area contributed by atoms with E-state index >= 15 is 0 Å². The fraction of sp³-hybridized carbons (Fsp3) is 0.571. The molecule has 2 heterocycles. The first-order chi connectivity index (χ1) is 8.25. The summed E-state index contributed by atoms with van der Waals surface area (Å²) in [7, 11) is 0. The minimum atomic E-state index is -0.416. The molecule has 2 aliphatic heterocycles. The Morgan fingerprint density at radius 2 is 2.35 bits per heavy atom. The van der Waals surface area contributed by atoms with Crippen LogP contribution in [0.3, 0.4) is 0 Å². The zero-order valence-corrected chi connectivity index (χ0v) is 10.8. The van der Waals surface area contributed by atoms with Gasteiger partial charge >= 0.3 is 0 Å². The monoisotopic (exact) mass is 250 g/mol. The third kappa shape index (κ3) is 2.45. The van der Waals surface area contributed by atoms with Crippen LogP contribution in [0.5, 0.6) is 5.75 Å². The van der Waals surface area contributed by atoms with Crippen molar-refractivity contribution in [3.05, 3.63) is 29.3 Å². The lowest BCUT2D eigenvalue weighted by Crippen LogP contribution is -2.28. The van der Waals surface area contributed by atoms with Crippen LogP contribution in [-0.2, 0) is 12.8 Å². The number of fused-ring (bicyclic) bond motifs is 1. The normalized spacial score (nSPS) is 26.9. The Balaban J connectivity index is 1.65. The van der Waals surface area contributed by atoms with Crippen LogP contribution in [0.4, 0.5) is 0 Å². The van der Waals surface area contributed by atoms with Crippen molar-refractivity contribution in [3.63, 3.8) is 0 Å². The lowest BCUT2D eigenvalue weighted by molar-refractivity contribution is 0.0593. The summed E-state index contributed by atoms with van der Waals surface area (Å²) in [6.45, 7) is 0.819. The van der Waals surface area contributed by atoms with Crippen LogP contribution in [0.15, 0.2) is 18.2 Å². The lowest BCUT2D eigenvalue weighted by Gasteiger charge is -2.21. The maximum atomic E-state index is 10.3. The van der Waals surface area contributed by atoms with Crippen molar-refractivity contribution in [1.82, 2.24) is 0 Å². The molecule has 3 rings (SSSR count). The molecule has 92 valence electrons. The van der Waals surface area contributed by atoms with Crippen LogP contribution in [0.1, 0.15) is 24.0 Å². The van der Waals surface area contributed by atoms with Crippen LogP contribution in [0, 0.1) is 0 Å². The molecule has 3 heteroatoms. The van der Waals surface area contributed by atoms with Gasteiger partial charge in [0.15, 0.2) is 0 Å². The number of aryl methyl sites for hydroxylation is 1. The van der Waals surface area contributed by atoms with Gasteiger partial charge in [-0.15, -0.1) is 0 Å². The molecule has 2 aliphatic rings. The van der Waals surface area contributed by atoms with E-state index in [4.69, 9.17) is 4.74 Å². The smallest absolute Gasteiger partial charge is 0.122 e. The Kier molecular flexibility index (Phi) is 3.05. The fourth-order valence-corrected chi connectivity index (χ4v) is 3.90. The largest absolute Gasteiger partial charge is 0.493 e. The van der Waals surface area contributed by atoms with Crippen molar-refractivity contribution in [1.29, 1.82) is 0 Å². The number of ether oxygens (including phenoxy) is 1. The van der Waals surface area contributed by atoms with Crippen LogP contribution < -0.4 is 4.74 Å². The summed E-state index contributed by atoms with van der Waals surface area (Å²) < 4.78 is 5.50. The molecular formula is C14H18O2S. The van der Waals surface area contributed by atoms with Gasteiger partial charge in [-0.3, -0.25) is 0 Å². The molecule has 1 atom stereocenters. The van der Waals surface area contributed by atoms with Gasteiger partial charge < -0.3 is 9.84 Å². The highest BCUT2D eigenvalue weighted by Crippen LogP contribution is 2.32. The van der Waals surface area contributed by atoms with Gasteiger partial charge in [-0.2, -0.15) is 11.8 Å². The van der Waals surface area contributed by atoms with E-state index in [1.54, 1.807) is 0 Å². The average molecular weight is 250 g/mol. The molecule has 0 amide bonds. The Hall–Kier alpha value is -0.670. The van der Waals surface area contributed by atoms with Gasteiger partial charge in [-0.25, -0.2) is 0 Å². The molecule has 1 unspecified atom stereocenters. The molecule has 1 N–H and O–H groups in total. The molecule has 1 aromatic rings. The van der Waals surface area contributed by atoms with Gasteiger partial charge in [0, 0.05) is 12.2 Å². The van der Waals surface area contributed by atoms with Crippen molar-refractivity contribution >= 4 is 11.8 Å². The van der Waals surface area contributed by atoms with E-state index in [1.807, 2.05) is 11.8 Å². The molecule has 17 heavy (non-hydrogen) atoms. The van der Waals surface area contributed by atoms with Crippen LogP contribution in [0.2, 0.25) is 0 Å². The van der Waals surface area contributed by atoms with E-state index in [0.29, 0.717) is 0 Å². The second-order valence-corrected chi connectivity index (χ2v) is 6.17. The summed E-state index contributed by atoms with van der Waals surface area (Å²) in [5, 5.41) is 10.3. The summed E-state index contributed by atoms with van der Waals surface area (Å²) in [4.78, 5) is 0. The molecule has 0 radical (unpaired) electrons. The first-order valence-electron chi connectivity index (χ1n) is 6.30. The molecule has 2 nitrogen and oxygen atoms in total. The van der Waals surface area contributed by atoms with Crippen LogP contribution >= 0.6 is 11.8 Å². The van der Waals surface area contributed by atoms with E-state index in [2.05, 4.69) is 18.2 Å².